The van der Waals surface area contributed by atoms with Gasteiger partial charge in [0.1, 0.15) is 0 Å². The summed E-state index contributed by atoms with van der Waals surface area (Å²) in [6.45, 7) is 2.14. The number of halogens is 1. The zero-order valence-corrected chi connectivity index (χ0v) is 11.8. The molecule has 1 aromatic rings. The summed E-state index contributed by atoms with van der Waals surface area (Å²) >= 11 is 2.37. The van der Waals surface area contributed by atoms with E-state index < -0.39 is 0 Å². The van der Waals surface area contributed by atoms with Crippen LogP contribution in [-0.4, -0.2) is 0 Å². The lowest BCUT2D eigenvalue weighted by Gasteiger charge is -2.08. The van der Waals surface area contributed by atoms with Crippen LogP contribution in [-0.2, 0) is 0 Å². The SMILES string of the molecule is Cc1c(P)cc(P)c(P)c1I. The minimum atomic E-state index is 1.26. The van der Waals surface area contributed by atoms with Crippen LogP contribution in [0, 0.1) is 10.5 Å². The molecule has 0 N–H and O–H groups in total. The topological polar surface area (TPSA) is 0 Å². The molecule has 1 aromatic carbocycles. The van der Waals surface area contributed by atoms with Crippen molar-refractivity contribution in [1.82, 2.24) is 0 Å². The zero-order valence-electron chi connectivity index (χ0n) is 6.19. The molecule has 0 fully saturated rings. The Morgan fingerprint density at radius 3 is 2.27 bits per heavy atom. The highest BCUT2D eigenvalue weighted by Gasteiger charge is 2.04. The van der Waals surface area contributed by atoms with Crippen LogP contribution in [0.2, 0.25) is 0 Å². The molecule has 0 aromatic heterocycles. The molecule has 0 nitrogen and oxygen atoms in total. The summed E-state index contributed by atoms with van der Waals surface area (Å²) in [6.07, 6.45) is 0. The van der Waals surface area contributed by atoms with Gasteiger partial charge in [0.05, 0.1) is 0 Å². The van der Waals surface area contributed by atoms with Crippen LogP contribution in [0.15, 0.2) is 6.07 Å². The Labute approximate surface area is 88.0 Å². The predicted octanol–water partition coefficient (Wildman–Crippen LogP) is 1.10. The Hall–Kier alpha value is 1.24. The maximum atomic E-state index is 2.76. The van der Waals surface area contributed by atoms with Crippen LogP contribution in [0.3, 0.4) is 0 Å². The van der Waals surface area contributed by atoms with Gasteiger partial charge >= 0.3 is 0 Å². The second-order valence-corrected chi connectivity index (χ2v) is 5.31. The summed E-state index contributed by atoms with van der Waals surface area (Å²) in [5.41, 5.74) is 1.35. The number of hydrogen-bond acceptors (Lipinski definition) is 0. The molecule has 0 bridgehead atoms. The Balaban J connectivity index is 3.46. The lowest BCUT2D eigenvalue weighted by molar-refractivity contribution is 1.51. The van der Waals surface area contributed by atoms with E-state index in [0.717, 1.165) is 0 Å². The maximum Gasteiger partial charge on any atom is 0.0243 e. The summed E-state index contributed by atoms with van der Waals surface area (Å²) in [5, 5.41) is 3.83. The third kappa shape index (κ3) is 2.13. The summed E-state index contributed by atoms with van der Waals surface area (Å²) in [5.74, 6) is 0. The van der Waals surface area contributed by atoms with E-state index in [1.807, 2.05) is 0 Å². The highest BCUT2D eigenvalue weighted by Crippen LogP contribution is 2.11. The monoisotopic (exact) mass is 314 g/mol. The third-order valence-corrected chi connectivity index (χ3v) is 5.63. The number of hydrogen-bond donors (Lipinski definition) is 0. The first kappa shape index (κ1) is 10.3. The van der Waals surface area contributed by atoms with Gasteiger partial charge in [0.15, 0.2) is 0 Å². The minimum Gasteiger partial charge on any atom is -0.105 e. The van der Waals surface area contributed by atoms with Gasteiger partial charge in [-0.2, -0.15) is 0 Å². The average molecular weight is 314 g/mol. The molecule has 0 spiro atoms. The molecule has 4 heteroatoms. The standard InChI is InChI=1S/C7H10IP3/c1-3-4(9)2-5(10)7(11)6(3)8/h2H,9-11H2,1H3. The van der Waals surface area contributed by atoms with Crippen molar-refractivity contribution < 1.29 is 0 Å². The van der Waals surface area contributed by atoms with Crippen molar-refractivity contribution in [3.05, 3.63) is 15.2 Å². The first-order valence-corrected chi connectivity index (χ1v) is 5.94. The summed E-state index contributed by atoms with van der Waals surface area (Å²) in [6, 6.07) is 2.16. The Bertz CT molecular complexity index is 270. The van der Waals surface area contributed by atoms with Gasteiger partial charge in [0.2, 0.25) is 0 Å². The first-order chi connectivity index (χ1) is 5.04. The van der Waals surface area contributed by atoms with Crippen molar-refractivity contribution in [3.8, 4) is 0 Å². The van der Waals surface area contributed by atoms with Gasteiger partial charge in [-0.3, -0.25) is 0 Å². The zero-order chi connectivity index (χ0) is 8.59. The molecule has 0 saturated carbocycles. The van der Waals surface area contributed by atoms with Gasteiger partial charge < -0.3 is 0 Å². The Morgan fingerprint density at radius 1 is 1.18 bits per heavy atom. The van der Waals surface area contributed by atoms with E-state index in [1.165, 1.54) is 25.0 Å². The highest BCUT2D eigenvalue weighted by molar-refractivity contribution is 14.1. The summed E-state index contributed by atoms with van der Waals surface area (Å²) < 4.78 is 1.34. The van der Waals surface area contributed by atoms with Crippen molar-refractivity contribution >= 4 is 66.2 Å². The van der Waals surface area contributed by atoms with E-state index in [0.29, 0.717) is 0 Å². The molecule has 0 heterocycles. The van der Waals surface area contributed by atoms with Gasteiger partial charge in [0.25, 0.3) is 0 Å². The lowest BCUT2D eigenvalue weighted by Crippen LogP contribution is -2.21. The van der Waals surface area contributed by atoms with Gasteiger partial charge in [0, 0.05) is 3.57 Å². The van der Waals surface area contributed by atoms with E-state index in [9.17, 15) is 0 Å². The second kappa shape index (κ2) is 3.97. The van der Waals surface area contributed by atoms with Crippen LogP contribution in [0.1, 0.15) is 5.56 Å². The number of rotatable bonds is 0. The van der Waals surface area contributed by atoms with Crippen LogP contribution >= 0.6 is 50.3 Å². The molecule has 3 unspecified atom stereocenters. The minimum absolute atomic E-state index is 1.26. The molecule has 60 valence electrons. The molecular formula is C7H10IP3. The van der Waals surface area contributed by atoms with Gasteiger partial charge in [-0.25, -0.2) is 0 Å². The summed E-state index contributed by atoms with van der Waals surface area (Å²) in [4.78, 5) is 0. The van der Waals surface area contributed by atoms with Gasteiger partial charge in [-0.05, 0) is 57.1 Å². The van der Waals surface area contributed by atoms with E-state index in [-0.39, 0.29) is 0 Å². The van der Waals surface area contributed by atoms with Crippen LogP contribution in [0.4, 0.5) is 0 Å². The molecule has 0 amide bonds. The van der Waals surface area contributed by atoms with Gasteiger partial charge in [-0.15, -0.1) is 27.7 Å². The normalized spacial score (nSPS) is 10.3. The molecule has 0 aliphatic heterocycles. The van der Waals surface area contributed by atoms with E-state index in [1.54, 1.807) is 0 Å². The maximum absolute atomic E-state index is 2.76. The Kier molecular flexibility index (Phi) is 3.72. The largest absolute Gasteiger partial charge is 0.105 e. The van der Waals surface area contributed by atoms with E-state index in [4.69, 9.17) is 0 Å². The first-order valence-electron chi connectivity index (χ1n) is 3.13. The van der Waals surface area contributed by atoms with Crippen molar-refractivity contribution in [2.75, 3.05) is 0 Å². The number of benzene rings is 1. The fourth-order valence-electron chi connectivity index (χ4n) is 0.809. The van der Waals surface area contributed by atoms with Crippen LogP contribution in [0.5, 0.6) is 0 Å². The van der Waals surface area contributed by atoms with Crippen molar-refractivity contribution in [2.45, 2.75) is 6.92 Å². The molecule has 0 radical (unpaired) electrons. The average Bonchev–Trinajstić information content (AvgIpc) is 1.97. The smallest absolute Gasteiger partial charge is 0.0243 e. The van der Waals surface area contributed by atoms with Crippen molar-refractivity contribution in [1.29, 1.82) is 0 Å². The molecule has 1 rings (SSSR count). The van der Waals surface area contributed by atoms with E-state index in [2.05, 4.69) is 63.3 Å². The Morgan fingerprint density at radius 2 is 1.73 bits per heavy atom. The fraction of sp³-hybridized carbons (Fsp3) is 0.143. The third-order valence-electron chi connectivity index (χ3n) is 1.62. The molecule has 3 atom stereocenters. The van der Waals surface area contributed by atoms with Gasteiger partial charge in [-0.1, -0.05) is 0 Å². The fourth-order valence-corrected chi connectivity index (χ4v) is 3.16. The summed E-state index contributed by atoms with van der Waals surface area (Å²) in [7, 11) is 8.25. The molecule has 0 aliphatic rings. The second-order valence-electron chi connectivity index (χ2n) is 2.41. The quantitative estimate of drug-likeness (QED) is 0.497. The molecule has 11 heavy (non-hydrogen) atoms. The molecule has 0 aliphatic carbocycles. The lowest BCUT2D eigenvalue weighted by atomic mass is 10.2. The van der Waals surface area contributed by atoms with E-state index >= 15 is 0 Å². The molecule has 0 saturated heterocycles. The predicted molar refractivity (Wildman–Crippen MR) is 71.9 cm³/mol. The van der Waals surface area contributed by atoms with Crippen molar-refractivity contribution in [2.24, 2.45) is 0 Å². The van der Waals surface area contributed by atoms with Crippen molar-refractivity contribution in [3.63, 3.8) is 0 Å². The van der Waals surface area contributed by atoms with Crippen LogP contribution < -0.4 is 15.9 Å². The highest BCUT2D eigenvalue weighted by atomic mass is 127. The molecular weight excluding hydrogens is 304 g/mol. The van der Waals surface area contributed by atoms with Crippen LogP contribution in [0.25, 0.3) is 0 Å².